The van der Waals surface area contributed by atoms with E-state index in [4.69, 9.17) is 10.7 Å². The number of rotatable bonds is 5. The van der Waals surface area contributed by atoms with Crippen molar-refractivity contribution >= 4 is 28.7 Å². The molecule has 3 N–H and O–H groups in total. The van der Waals surface area contributed by atoms with Gasteiger partial charge in [0.05, 0.1) is 6.33 Å². The van der Waals surface area contributed by atoms with Gasteiger partial charge in [-0.25, -0.2) is 15.0 Å². The predicted octanol–water partition coefficient (Wildman–Crippen LogP) is 2.74. The highest BCUT2D eigenvalue weighted by Crippen LogP contribution is 2.73. The molecule has 2 aliphatic carbocycles. The molecule has 5 atom stereocenters. The van der Waals surface area contributed by atoms with Crippen LogP contribution in [0.2, 0.25) is 0 Å². The van der Waals surface area contributed by atoms with E-state index in [1.54, 1.807) is 0 Å². The lowest BCUT2D eigenvalue weighted by Crippen LogP contribution is -2.25. The Labute approximate surface area is 146 Å². The second-order valence-electron chi connectivity index (χ2n) is 7.20. The molecule has 7 heteroatoms. The van der Waals surface area contributed by atoms with E-state index in [0.29, 0.717) is 46.9 Å². The minimum atomic E-state index is 0.109. The molecule has 2 heterocycles. The van der Waals surface area contributed by atoms with Crippen LogP contribution in [0.4, 0.5) is 5.82 Å². The summed E-state index contributed by atoms with van der Waals surface area (Å²) in [5.41, 5.74) is 7.72. The fourth-order valence-electron chi connectivity index (χ4n) is 5.36. The normalized spacial score (nSPS) is 34.7. The highest BCUT2D eigenvalue weighted by atomic mass is 32.2. The van der Waals surface area contributed by atoms with Crippen LogP contribution in [-0.2, 0) is 0 Å². The number of aliphatic hydroxyl groups is 1. The Bertz CT molecular complexity index is 778. The second-order valence-corrected chi connectivity index (χ2v) is 7.97. The number of nitrogens with zero attached hydrogens (tertiary/aromatic N) is 4. The first kappa shape index (κ1) is 16.1. The van der Waals surface area contributed by atoms with Gasteiger partial charge in [0.2, 0.25) is 0 Å². The van der Waals surface area contributed by atoms with Crippen LogP contribution in [0.5, 0.6) is 0 Å². The molecular weight excluding hydrogens is 322 g/mol. The fraction of sp³-hybridized carbons (Fsp3) is 0.706. The molecule has 2 saturated carbocycles. The Morgan fingerprint density at radius 3 is 2.79 bits per heavy atom. The predicted molar refractivity (Wildman–Crippen MR) is 95.7 cm³/mol. The van der Waals surface area contributed by atoms with Gasteiger partial charge in [0.25, 0.3) is 0 Å². The SMILES string of the molecule is CCC1C(n2cnc3c(N)nc(SC)nc32)C2CC2(CO)C1CC. The summed E-state index contributed by atoms with van der Waals surface area (Å²) in [5, 5.41) is 10.7. The summed E-state index contributed by atoms with van der Waals surface area (Å²) >= 11 is 1.50. The molecule has 0 aromatic carbocycles. The highest BCUT2D eigenvalue weighted by Gasteiger charge is 2.69. The number of anilines is 1. The van der Waals surface area contributed by atoms with Crippen LogP contribution < -0.4 is 5.73 Å². The van der Waals surface area contributed by atoms with Crippen molar-refractivity contribution in [3.8, 4) is 0 Å². The third kappa shape index (κ3) is 1.97. The van der Waals surface area contributed by atoms with Gasteiger partial charge in [-0.2, -0.15) is 0 Å². The highest BCUT2D eigenvalue weighted by molar-refractivity contribution is 7.98. The zero-order chi connectivity index (χ0) is 17.1. The first-order valence-electron chi connectivity index (χ1n) is 8.76. The monoisotopic (exact) mass is 347 g/mol. The second kappa shape index (κ2) is 5.59. The largest absolute Gasteiger partial charge is 0.396 e. The minimum Gasteiger partial charge on any atom is -0.396 e. The van der Waals surface area contributed by atoms with E-state index in [1.807, 2.05) is 12.6 Å². The number of fused-ring (bicyclic) bond motifs is 2. The van der Waals surface area contributed by atoms with Crippen molar-refractivity contribution in [2.45, 2.75) is 44.3 Å². The molecule has 0 spiro atoms. The lowest BCUT2D eigenvalue weighted by molar-refractivity contribution is 0.132. The topological polar surface area (TPSA) is 89.9 Å². The average Bonchev–Trinajstić information content (AvgIpc) is 3.06. The van der Waals surface area contributed by atoms with Crippen LogP contribution in [0.25, 0.3) is 11.2 Å². The van der Waals surface area contributed by atoms with E-state index < -0.39 is 0 Å². The van der Waals surface area contributed by atoms with Crippen LogP contribution in [0.15, 0.2) is 11.5 Å². The molecule has 0 bridgehead atoms. The van der Waals surface area contributed by atoms with Crippen LogP contribution in [0, 0.1) is 23.2 Å². The molecule has 0 amide bonds. The van der Waals surface area contributed by atoms with Gasteiger partial charge in [-0.15, -0.1) is 0 Å². The van der Waals surface area contributed by atoms with Gasteiger partial charge in [-0.05, 0) is 30.4 Å². The molecule has 2 aromatic heterocycles. The third-order valence-corrected chi connectivity index (χ3v) is 6.97. The van der Waals surface area contributed by atoms with Gasteiger partial charge in [0, 0.05) is 18.1 Å². The number of imidazole rings is 1. The van der Waals surface area contributed by atoms with E-state index >= 15 is 0 Å². The molecule has 130 valence electrons. The quantitative estimate of drug-likeness (QED) is 0.638. The Kier molecular flexibility index (Phi) is 3.76. The smallest absolute Gasteiger partial charge is 0.191 e. The van der Waals surface area contributed by atoms with Crippen LogP contribution >= 0.6 is 11.8 Å². The van der Waals surface area contributed by atoms with Gasteiger partial charge < -0.3 is 15.4 Å². The first-order valence-corrected chi connectivity index (χ1v) is 9.98. The number of thioether (sulfide) groups is 1. The van der Waals surface area contributed by atoms with Gasteiger partial charge in [0.15, 0.2) is 16.6 Å². The van der Waals surface area contributed by atoms with E-state index in [0.717, 1.165) is 24.9 Å². The number of aromatic nitrogens is 4. The molecule has 2 fully saturated rings. The number of aliphatic hydroxyl groups excluding tert-OH is 1. The number of nitrogen functional groups attached to an aromatic ring is 1. The van der Waals surface area contributed by atoms with Crippen molar-refractivity contribution in [1.82, 2.24) is 19.5 Å². The van der Waals surface area contributed by atoms with Crippen molar-refractivity contribution in [2.75, 3.05) is 18.6 Å². The van der Waals surface area contributed by atoms with Crippen molar-refractivity contribution in [1.29, 1.82) is 0 Å². The minimum absolute atomic E-state index is 0.109. The Hall–Kier alpha value is -1.34. The summed E-state index contributed by atoms with van der Waals surface area (Å²) in [4.78, 5) is 13.5. The summed E-state index contributed by atoms with van der Waals surface area (Å²) in [6, 6.07) is 0.348. The Morgan fingerprint density at radius 2 is 2.17 bits per heavy atom. The molecule has 24 heavy (non-hydrogen) atoms. The Balaban J connectivity index is 1.84. The van der Waals surface area contributed by atoms with Gasteiger partial charge in [-0.3, -0.25) is 0 Å². The summed E-state index contributed by atoms with van der Waals surface area (Å²) in [5.74, 6) is 2.08. The van der Waals surface area contributed by atoms with Crippen LogP contribution in [0.3, 0.4) is 0 Å². The average molecular weight is 347 g/mol. The molecule has 6 nitrogen and oxygen atoms in total. The van der Waals surface area contributed by atoms with Crippen molar-refractivity contribution in [3.05, 3.63) is 6.33 Å². The summed E-state index contributed by atoms with van der Waals surface area (Å²) in [6.45, 7) is 4.80. The van der Waals surface area contributed by atoms with Crippen molar-refractivity contribution in [2.24, 2.45) is 23.2 Å². The molecule has 2 aliphatic rings. The maximum absolute atomic E-state index is 10.1. The molecule has 2 aromatic rings. The molecule has 5 unspecified atom stereocenters. The van der Waals surface area contributed by atoms with Gasteiger partial charge >= 0.3 is 0 Å². The van der Waals surface area contributed by atoms with Gasteiger partial charge in [0.1, 0.15) is 5.52 Å². The van der Waals surface area contributed by atoms with Crippen molar-refractivity contribution in [3.63, 3.8) is 0 Å². The molecule has 0 aliphatic heterocycles. The molecular formula is C17H25N5OS. The third-order valence-electron chi connectivity index (χ3n) is 6.42. The van der Waals surface area contributed by atoms with E-state index in [2.05, 4.69) is 28.4 Å². The van der Waals surface area contributed by atoms with E-state index in [1.165, 1.54) is 11.8 Å². The fourth-order valence-corrected chi connectivity index (χ4v) is 5.73. The zero-order valence-electron chi connectivity index (χ0n) is 14.4. The van der Waals surface area contributed by atoms with E-state index in [9.17, 15) is 5.11 Å². The summed E-state index contributed by atoms with van der Waals surface area (Å²) < 4.78 is 2.22. The molecule has 4 rings (SSSR count). The maximum Gasteiger partial charge on any atom is 0.191 e. The summed E-state index contributed by atoms with van der Waals surface area (Å²) in [6.07, 6.45) is 7.17. The standard InChI is InChI=1S/C17H25N5OS/c1-4-9-10(5-2)17(7-23)6-11(17)13(9)22-8-19-12-14(18)20-16(24-3)21-15(12)22/h8-11,13,23H,4-7H2,1-3H3,(H2,18,20,21). The van der Waals surface area contributed by atoms with Gasteiger partial charge in [-0.1, -0.05) is 38.5 Å². The van der Waals surface area contributed by atoms with E-state index in [-0.39, 0.29) is 5.41 Å². The summed E-state index contributed by atoms with van der Waals surface area (Å²) in [7, 11) is 0. The lowest BCUT2D eigenvalue weighted by atomic mass is 9.79. The number of hydrogen-bond donors (Lipinski definition) is 2. The Morgan fingerprint density at radius 1 is 1.38 bits per heavy atom. The van der Waals surface area contributed by atoms with Crippen LogP contribution in [0.1, 0.15) is 39.2 Å². The van der Waals surface area contributed by atoms with Crippen molar-refractivity contribution < 1.29 is 5.11 Å². The first-order chi connectivity index (χ1) is 11.6. The lowest BCUT2D eigenvalue weighted by Gasteiger charge is -2.30. The molecule has 0 saturated heterocycles. The zero-order valence-corrected chi connectivity index (χ0v) is 15.3. The van der Waals surface area contributed by atoms with Crippen LogP contribution in [-0.4, -0.2) is 37.5 Å². The molecule has 0 radical (unpaired) electrons. The number of nitrogens with two attached hydrogens (primary N) is 1. The maximum atomic E-state index is 10.1. The number of hydrogen-bond acceptors (Lipinski definition) is 6.